The van der Waals surface area contributed by atoms with E-state index in [4.69, 9.17) is 9.47 Å². The molecule has 144 valence electrons. The monoisotopic (exact) mass is 378 g/mol. The largest absolute Gasteiger partial charge is 0.497 e. The SMILES string of the molecule is COc1ccc(OC)c(/C=C/C(=O)N[C@@H](C)c2ccc(-n3cncn3)cc2)c1. The van der Waals surface area contributed by atoms with Crippen LogP contribution in [0.15, 0.2) is 61.2 Å². The van der Waals surface area contributed by atoms with E-state index < -0.39 is 0 Å². The van der Waals surface area contributed by atoms with Crippen molar-refractivity contribution in [2.45, 2.75) is 13.0 Å². The summed E-state index contributed by atoms with van der Waals surface area (Å²) in [5.74, 6) is 1.17. The average molecular weight is 378 g/mol. The summed E-state index contributed by atoms with van der Waals surface area (Å²) in [5, 5.41) is 7.05. The topological polar surface area (TPSA) is 78.3 Å². The van der Waals surface area contributed by atoms with E-state index in [1.807, 2.05) is 37.3 Å². The maximum absolute atomic E-state index is 12.3. The van der Waals surface area contributed by atoms with Crippen LogP contribution in [0.25, 0.3) is 11.8 Å². The first-order valence-corrected chi connectivity index (χ1v) is 8.76. The maximum Gasteiger partial charge on any atom is 0.244 e. The number of carbonyl (C=O) groups is 1. The second-order valence-electron chi connectivity index (χ2n) is 6.10. The Balaban J connectivity index is 1.65. The summed E-state index contributed by atoms with van der Waals surface area (Å²) >= 11 is 0. The Morgan fingerprint density at radius 3 is 2.57 bits per heavy atom. The molecule has 0 aliphatic carbocycles. The van der Waals surface area contributed by atoms with Gasteiger partial charge < -0.3 is 14.8 Å². The number of ether oxygens (including phenoxy) is 2. The van der Waals surface area contributed by atoms with Crippen molar-refractivity contribution < 1.29 is 14.3 Å². The number of nitrogens with zero attached hydrogens (tertiary/aromatic N) is 3. The van der Waals surface area contributed by atoms with E-state index in [0.717, 1.165) is 16.8 Å². The molecule has 1 N–H and O–H groups in total. The number of methoxy groups -OCH3 is 2. The highest BCUT2D eigenvalue weighted by molar-refractivity contribution is 5.92. The van der Waals surface area contributed by atoms with Crippen molar-refractivity contribution in [3.8, 4) is 17.2 Å². The summed E-state index contributed by atoms with van der Waals surface area (Å²) < 4.78 is 12.2. The molecule has 1 aromatic heterocycles. The fourth-order valence-corrected chi connectivity index (χ4v) is 2.74. The van der Waals surface area contributed by atoms with Crippen LogP contribution in [-0.4, -0.2) is 34.9 Å². The van der Waals surface area contributed by atoms with Gasteiger partial charge in [-0.05, 0) is 48.9 Å². The highest BCUT2D eigenvalue weighted by Gasteiger charge is 2.09. The van der Waals surface area contributed by atoms with E-state index in [-0.39, 0.29) is 11.9 Å². The van der Waals surface area contributed by atoms with Gasteiger partial charge in [0.1, 0.15) is 24.2 Å². The van der Waals surface area contributed by atoms with Crippen LogP contribution < -0.4 is 14.8 Å². The lowest BCUT2D eigenvalue weighted by Crippen LogP contribution is -2.24. The molecule has 0 aliphatic heterocycles. The predicted molar refractivity (Wildman–Crippen MR) is 106 cm³/mol. The average Bonchev–Trinajstić information content (AvgIpc) is 3.27. The Labute approximate surface area is 163 Å². The Morgan fingerprint density at radius 2 is 1.93 bits per heavy atom. The number of nitrogens with one attached hydrogen (secondary N) is 1. The molecule has 0 radical (unpaired) electrons. The van der Waals surface area contributed by atoms with E-state index in [2.05, 4.69) is 15.4 Å². The van der Waals surface area contributed by atoms with Crippen LogP contribution in [0.3, 0.4) is 0 Å². The van der Waals surface area contributed by atoms with Gasteiger partial charge in [0.05, 0.1) is 25.9 Å². The number of amides is 1. The molecular formula is C21H22N4O3. The van der Waals surface area contributed by atoms with E-state index in [0.29, 0.717) is 11.5 Å². The van der Waals surface area contributed by atoms with Crippen molar-refractivity contribution in [1.82, 2.24) is 20.1 Å². The lowest BCUT2D eigenvalue weighted by molar-refractivity contribution is -0.117. The zero-order valence-corrected chi connectivity index (χ0v) is 16.0. The normalized spacial score (nSPS) is 12.0. The van der Waals surface area contributed by atoms with Gasteiger partial charge in [-0.2, -0.15) is 5.10 Å². The third kappa shape index (κ3) is 4.56. The molecule has 0 fully saturated rings. The van der Waals surface area contributed by atoms with Crippen LogP contribution in [-0.2, 0) is 4.79 Å². The number of rotatable bonds is 7. The molecule has 0 saturated heterocycles. The van der Waals surface area contributed by atoms with Crippen molar-refractivity contribution >= 4 is 12.0 Å². The van der Waals surface area contributed by atoms with Gasteiger partial charge in [-0.1, -0.05) is 12.1 Å². The van der Waals surface area contributed by atoms with Crippen LogP contribution in [0.5, 0.6) is 11.5 Å². The lowest BCUT2D eigenvalue weighted by atomic mass is 10.1. The molecule has 1 amide bonds. The van der Waals surface area contributed by atoms with Crippen molar-refractivity contribution in [3.63, 3.8) is 0 Å². The Morgan fingerprint density at radius 1 is 1.14 bits per heavy atom. The number of benzene rings is 2. The second-order valence-corrected chi connectivity index (χ2v) is 6.10. The minimum Gasteiger partial charge on any atom is -0.497 e. The molecule has 0 unspecified atom stereocenters. The molecule has 0 aliphatic rings. The van der Waals surface area contributed by atoms with Crippen molar-refractivity contribution in [2.75, 3.05) is 14.2 Å². The maximum atomic E-state index is 12.3. The third-order valence-electron chi connectivity index (χ3n) is 4.29. The van der Waals surface area contributed by atoms with Crippen LogP contribution in [0.4, 0.5) is 0 Å². The fraction of sp³-hybridized carbons (Fsp3) is 0.190. The van der Waals surface area contributed by atoms with Crippen LogP contribution in [0, 0.1) is 0 Å². The molecule has 3 rings (SSSR count). The van der Waals surface area contributed by atoms with Crippen molar-refractivity contribution in [3.05, 3.63) is 72.3 Å². The number of hydrogen-bond acceptors (Lipinski definition) is 5. The molecule has 28 heavy (non-hydrogen) atoms. The Kier molecular flexibility index (Phi) is 6.06. The summed E-state index contributed by atoms with van der Waals surface area (Å²) in [6.45, 7) is 1.93. The zero-order valence-electron chi connectivity index (χ0n) is 16.0. The molecule has 0 bridgehead atoms. The quantitative estimate of drug-likeness (QED) is 0.639. The summed E-state index contributed by atoms with van der Waals surface area (Å²) in [6, 6.07) is 13.1. The first-order valence-electron chi connectivity index (χ1n) is 8.76. The van der Waals surface area contributed by atoms with Crippen LogP contribution >= 0.6 is 0 Å². The zero-order chi connectivity index (χ0) is 19.9. The summed E-state index contributed by atoms with van der Waals surface area (Å²) in [7, 11) is 3.18. The smallest absolute Gasteiger partial charge is 0.244 e. The number of carbonyl (C=O) groups excluding carboxylic acids is 1. The summed E-state index contributed by atoms with van der Waals surface area (Å²) in [6.07, 6.45) is 6.31. The molecule has 0 saturated carbocycles. The molecule has 1 atom stereocenters. The molecular weight excluding hydrogens is 356 g/mol. The first-order chi connectivity index (χ1) is 13.6. The molecule has 7 nitrogen and oxygen atoms in total. The molecule has 2 aromatic carbocycles. The van der Waals surface area contributed by atoms with E-state index >= 15 is 0 Å². The minimum absolute atomic E-state index is 0.144. The van der Waals surface area contributed by atoms with Gasteiger partial charge in [0.15, 0.2) is 0 Å². The van der Waals surface area contributed by atoms with Gasteiger partial charge in [0, 0.05) is 11.6 Å². The van der Waals surface area contributed by atoms with E-state index in [1.54, 1.807) is 43.4 Å². The van der Waals surface area contributed by atoms with Gasteiger partial charge in [0.2, 0.25) is 5.91 Å². The number of aromatic nitrogens is 3. The van der Waals surface area contributed by atoms with Crippen molar-refractivity contribution in [1.29, 1.82) is 0 Å². The first kappa shape index (κ1) is 19.2. The molecule has 3 aromatic rings. The van der Waals surface area contributed by atoms with Gasteiger partial charge in [0.25, 0.3) is 0 Å². The van der Waals surface area contributed by atoms with Crippen LogP contribution in [0.2, 0.25) is 0 Å². The van der Waals surface area contributed by atoms with E-state index in [9.17, 15) is 4.79 Å². The summed E-state index contributed by atoms with van der Waals surface area (Å²) in [5.41, 5.74) is 2.66. The standard InChI is InChI=1S/C21H22N4O3/c1-15(16-4-7-18(8-5-16)25-14-22-13-23-25)24-21(26)11-6-17-12-19(27-2)9-10-20(17)28-3/h4-15H,1-3H3,(H,24,26)/b11-6+/t15-/m0/s1. The molecule has 7 heteroatoms. The van der Waals surface area contributed by atoms with Gasteiger partial charge in [-0.3, -0.25) is 4.79 Å². The molecule has 0 spiro atoms. The van der Waals surface area contributed by atoms with Gasteiger partial charge in [-0.25, -0.2) is 9.67 Å². The number of hydrogen-bond donors (Lipinski definition) is 1. The van der Waals surface area contributed by atoms with Crippen LogP contribution in [0.1, 0.15) is 24.1 Å². The van der Waals surface area contributed by atoms with Gasteiger partial charge in [-0.15, -0.1) is 0 Å². The highest BCUT2D eigenvalue weighted by atomic mass is 16.5. The minimum atomic E-state index is -0.197. The third-order valence-corrected chi connectivity index (χ3v) is 4.29. The Bertz CT molecular complexity index is 950. The lowest BCUT2D eigenvalue weighted by Gasteiger charge is -2.13. The van der Waals surface area contributed by atoms with Gasteiger partial charge >= 0.3 is 0 Å². The molecule has 1 heterocycles. The van der Waals surface area contributed by atoms with E-state index in [1.165, 1.54) is 12.4 Å². The van der Waals surface area contributed by atoms with Crippen molar-refractivity contribution in [2.24, 2.45) is 0 Å². The Hall–Kier alpha value is -3.61. The predicted octanol–water partition coefficient (Wildman–Crippen LogP) is 3.18. The highest BCUT2D eigenvalue weighted by Crippen LogP contribution is 2.25. The second kappa shape index (κ2) is 8.85. The summed E-state index contributed by atoms with van der Waals surface area (Å²) in [4.78, 5) is 16.3. The fourth-order valence-electron chi connectivity index (χ4n) is 2.74.